The van der Waals surface area contributed by atoms with Crippen LogP contribution in [0.3, 0.4) is 0 Å². The van der Waals surface area contributed by atoms with Crippen molar-refractivity contribution >= 4 is 38.9 Å². The lowest BCUT2D eigenvalue weighted by Crippen LogP contribution is -2.56. The lowest BCUT2D eigenvalue weighted by atomic mass is 10.2. The molecule has 0 aromatic heterocycles. The van der Waals surface area contributed by atoms with Crippen molar-refractivity contribution in [3.05, 3.63) is 75.8 Å². The van der Waals surface area contributed by atoms with Crippen LogP contribution >= 0.6 is 11.8 Å². The summed E-state index contributed by atoms with van der Waals surface area (Å²) in [5.74, 6) is 0. The van der Waals surface area contributed by atoms with Crippen LogP contribution in [-0.2, 0) is 21.6 Å². The highest BCUT2D eigenvalue weighted by Crippen LogP contribution is 2.27. The maximum Gasteiger partial charge on any atom is 0.422 e. The van der Waals surface area contributed by atoms with Crippen molar-refractivity contribution in [1.82, 2.24) is 9.03 Å². The summed E-state index contributed by atoms with van der Waals surface area (Å²) in [6.07, 6.45) is -1.16. The molecule has 1 heterocycles. The van der Waals surface area contributed by atoms with E-state index in [-0.39, 0.29) is 35.7 Å². The van der Waals surface area contributed by atoms with Crippen LogP contribution in [0, 0.1) is 10.1 Å². The van der Waals surface area contributed by atoms with Crippen molar-refractivity contribution in [2.75, 3.05) is 13.1 Å². The molecule has 0 bridgehead atoms. The van der Waals surface area contributed by atoms with Gasteiger partial charge in [-0.05, 0) is 17.7 Å². The molecule has 12 heteroatoms. The van der Waals surface area contributed by atoms with Gasteiger partial charge in [0.05, 0.1) is 4.92 Å². The maximum atomic E-state index is 12.2. The number of ether oxygens (including phenoxy) is 1. The molecule has 0 radical (unpaired) electrons. The Morgan fingerprint density at radius 1 is 1.13 bits per heavy atom. The smallest absolute Gasteiger partial charge is 0.422 e. The number of nitro groups is 1. The number of hydrogen-bond donors (Lipinski definition) is 1. The summed E-state index contributed by atoms with van der Waals surface area (Å²) in [5, 5.41) is 10.3. The van der Waals surface area contributed by atoms with E-state index in [0.717, 1.165) is 16.1 Å². The highest BCUT2D eigenvalue weighted by Gasteiger charge is 2.38. The van der Waals surface area contributed by atoms with E-state index in [1.807, 2.05) is 0 Å². The molecule has 0 aliphatic carbocycles. The topological polar surface area (TPSA) is 136 Å². The summed E-state index contributed by atoms with van der Waals surface area (Å²) in [7, 11) is -4.08. The van der Waals surface area contributed by atoms with Crippen LogP contribution in [0.2, 0.25) is 0 Å². The van der Waals surface area contributed by atoms with Crippen LogP contribution in [0.1, 0.15) is 15.9 Å². The SMILES string of the molecule is O=C(NS(=O)(=O)N1CC(SC(=O)c2ccccc2)C1)OCc1ccc([N+](=O)[O-])cc1. The molecular formula is C18H17N3O7S2. The Balaban J connectivity index is 1.43. The number of non-ortho nitro benzene ring substituents is 1. The largest absolute Gasteiger partial charge is 0.444 e. The predicted octanol–water partition coefficient (Wildman–Crippen LogP) is 2.32. The molecular weight excluding hydrogens is 434 g/mol. The Bertz CT molecular complexity index is 1040. The van der Waals surface area contributed by atoms with Gasteiger partial charge in [0.25, 0.3) is 5.69 Å². The summed E-state index contributed by atoms with van der Waals surface area (Å²) in [6.45, 7) is -0.0637. The van der Waals surface area contributed by atoms with Crippen LogP contribution in [0.15, 0.2) is 54.6 Å². The zero-order valence-corrected chi connectivity index (χ0v) is 17.1. The number of nitrogens with one attached hydrogen (secondary N) is 1. The standard InChI is InChI=1S/C18H17N3O7S2/c22-17(14-4-2-1-3-5-14)29-16-10-20(11-16)30(26,27)19-18(23)28-12-13-6-8-15(9-7-13)21(24)25/h1-9,16H,10-12H2,(H,19,23). The molecule has 2 aromatic carbocycles. The monoisotopic (exact) mass is 451 g/mol. The maximum absolute atomic E-state index is 12.2. The summed E-state index contributed by atoms with van der Waals surface area (Å²) >= 11 is 1.05. The number of carbonyl (C=O) groups excluding carboxylic acids is 2. The number of benzene rings is 2. The summed E-state index contributed by atoms with van der Waals surface area (Å²) < 4.78 is 32.1. The third-order valence-electron chi connectivity index (χ3n) is 4.17. The van der Waals surface area contributed by atoms with Gasteiger partial charge in [0, 0.05) is 36.0 Å². The lowest BCUT2D eigenvalue weighted by molar-refractivity contribution is -0.384. The molecule has 0 spiro atoms. The fourth-order valence-corrected chi connectivity index (χ4v) is 4.95. The number of carbonyl (C=O) groups is 2. The number of nitro benzene ring substituents is 1. The number of thioether (sulfide) groups is 1. The average Bonchev–Trinajstić information content (AvgIpc) is 2.69. The van der Waals surface area contributed by atoms with Crippen molar-refractivity contribution in [2.24, 2.45) is 0 Å². The second-order valence-corrected chi connectivity index (χ2v) is 9.26. The Morgan fingerprint density at radius 2 is 1.77 bits per heavy atom. The van der Waals surface area contributed by atoms with Gasteiger partial charge in [-0.15, -0.1) is 0 Å². The van der Waals surface area contributed by atoms with Crippen molar-refractivity contribution in [3.63, 3.8) is 0 Å². The number of nitrogens with zero attached hydrogens (tertiary/aromatic N) is 2. The molecule has 2 aromatic rings. The molecule has 0 saturated carbocycles. The van der Waals surface area contributed by atoms with Crippen LogP contribution in [-0.4, -0.2) is 47.2 Å². The van der Waals surface area contributed by atoms with Crippen LogP contribution in [0.4, 0.5) is 10.5 Å². The zero-order chi connectivity index (χ0) is 21.7. The fourth-order valence-electron chi connectivity index (χ4n) is 2.53. The van der Waals surface area contributed by atoms with Gasteiger partial charge in [-0.1, -0.05) is 42.1 Å². The third kappa shape index (κ3) is 5.55. The first-order chi connectivity index (χ1) is 14.2. The number of hydrogen-bond acceptors (Lipinski definition) is 8. The van der Waals surface area contributed by atoms with Gasteiger partial charge < -0.3 is 4.74 Å². The van der Waals surface area contributed by atoms with Crippen LogP contribution < -0.4 is 4.72 Å². The van der Waals surface area contributed by atoms with Gasteiger partial charge in [-0.2, -0.15) is 12.7 Å². The van der Waals surface area contributed by atoms with Crippen LogP contribution in [0.25, 0.3) is 0 Å². The van der Waals surface area contributed by atoms with Gasteiger partial charge >= 0.3 is 16.3 Å². The minimum absolute atomic E-state index is 0.0915. The van der Waals surface area contributed by atoms with E-state index in [4.69, 9.17) is 4.74 Å². The molecule has 1 N–H and O–H groups in total. The predicted molar refractivity (Wildman–Crippen MR) is 109 cm³/mol. The normalized spacial score (nSPS) is 14.5. The third-order valence-corrected chi connectivity index (χ3v) is 6.65. The second-order valence-electron chi connectivity index (χ2n) is 6.32. The van der Waals surface area contributed by atoms with Gasteiger partial charge in [0.2, 0.25) is 5.12 Å². The molecule has 158 valence electrons. The van der Waals surface area contributed by atoms with E-state index in [1.165, 1.54) is 24.3 Å². The van der Waals surface area contributed by atoms with Gasteiger partial charge in [-0.25, -0.2) is 9.52 Å². The first-order valence-electron chi connectivity index (χ1n) is 8.68. The van der Waals surface area contributed by atoms with E-state index in [9.17, 15) is 28.1 Å². The van der Waals surface area contributed by atoms with Crippen molar-refractivity contribution < 1.29 is 27.7 Å². The van der Waals surface area contributed by atoms with Crippen molar-refractivity contribution in [3.8, 4) is 0 Å². The molecule has 1 saturated heterocycles. The molecule has 1 fully saturated rings. The lowest BCUT2D eigenvalue weighted by Gasteiger charge is -2.36. The van der Waals surface area contributed by atoms with Crippen molar-refractivity contribution in [2.45, 2.75) is 11.9 Å². The molecule has 1 aliphatic heterocycles. The minimum atomic E-state index is -4.08. The molecule has 3 rings (SSSR count). The minimum Gasteiger partial charge on any atom is -0.444 e. The van der Waals surface area contributed by atoms with E-state index >= 15 is 0 Å². The van der Waals surface area contributed by atoms with E-state index in [0.29, 0.717) is 11.1 Å². The Labute approximate surface area is 176 Å². The average molecular weight is 451 g/mol. The molecule has 1 amide bonds. The molecule has 10 nitrogen and oxygen atoms in total. The number of rotatable bonds is 7. The van der Waals surface area contributed by atoms with Crippen molar-refractivity contribution in [1.29, 1.82) is 0 Å². The summed E-state index contributed by atoms with van der Waals surface area (Å²) in [5.41, 5.74) is 0.895. The van der Waals surface area contributed by atoms with E-state index in [2.05, 4.69) is 0 Å². The molecule has 0 unspecified atom stereocenters. The fraction of sp³-hybridized carbons (Fsp3) is 0.222. The van der Waals surface area contributed by atoms with Gasteiger partial charge in [-0.3, -0.25) is 14.9 Å². The van der Waals surface area contributed by atoms with E-state index < -0.39 is 21.2 Å². The quantitative estimate of drug-likeness (QED) is 0.500. The number of amides is 1. The van der Waals surface area contributed by atoms with Crippen LogP contribution in [0.5, 0.6) is 0 Å². The first-order valence-corrected chi connectivity index (χ1v) is 11.0. The molecule has 1 aliphatic rings. The Hall–Kier alpha value is -2.96. The zero-order valence-electron chi connectivity index (χ0n) is 15.5. The summed E-state index contributed by atoms with van der Waals surface area (Å²) in [4.78, 5) is 34.0. The van der Waals surface area contributed by atoms with E-state index in [1.54, 1.807) is 35.1 Å². The van der Waals surface area contributed by atoms with Gasteiger partial charge in [0.1, 0.15) is 6.61 Å². The molecule has 30 heavy (non-hydrogen) atoms. The second kappa shape index (κ2) is 9.24. The Kier molecular flexibility index (Phi) is 6.70. The highest BCUT2D eigenvalue weighted by molar-refractivity contribution is 8.14. The highest BCUT2D eigenvalue weighted by atomic mass is 32.2. The van der Waals surface area contributed by atoms with Gasteiger partial charge in [0.15, 0.2) is 0 Å². The molecule has 0 atom stereocenters. The Morgan fingerprint density at radius 3 is 2.37 bits per heavy atom. The summed E-state index contributed by atoms with van der Waals surface area (Å²) in [6, 6.07) is 14.0. The first kappa shape index (κ1) is 21.7.